The lowest BCUT2D eigenvalue weighted by Gasteiger charge is -2.25. The molecule has 0 aliphatic carbocycles. The smallest absolute Gasteiger partial charge is 0.407 e. The first kappa shape index (κ1) is 24.6. The first-order valence-corrected chi connectivity index (χ1v) is 8.00. The molecule has 0 bridgehead atoms. The van der Waals surface area contributed by atoms with Gasteiger partial charge in [-0.3, -0.25) is 4.79 Å². The lowest BCUT2D eigenvalue weighted by atomic mass is 10.1. The van der Waals surface area contributed by atoms with E-state index >= 15 is 0 Å². The fourth-order valence-corrected chi connectivity index (χ4v) is 1.51. The summed E-state index contributed by atoms with van der Waals surface area (Å²) < 4.78 is 9.62. The average molecular weight is 348 g/mol. The molecule has 0 rings (SSSR count). The summed E-state index contributed by atoms with van der Waals surface area (Å²) in [6, 6.07) is -0.762. The third kappa shape index (κ3) is 14.0. The van der Waals surface area contributed by atoms with Gasteiger partial charge in [-0.2, -0.15) is 0 Å². The zero-order valence-electron chi connectivity index (χ0n) is 15.5. The van der Waals surface area contributed by atoms with Crippen LogP contribution in [0.15, 0.2) is 0 Å². The van der Waals surface area contributed by atoms with Crippen molar-refractivity contribution in [2.24, 2.45) is 0 Å². The number of rotatable bonds is 8. The second kappa shape index (κ2) is 13.7. The summed E-state index contributed by atoms with van der Waals surface area (Å²) in [5, 5.41) is 14.6. The molecule has 0 aromatic heterocycles. The Morgan fingerprint density at radius 1 is 1.25 bits per heavy atom. The van der Waals surface area contributed by atoms with Gasteiger partial charge in [0.15, 0.2) is 6.10 Å². The molecule has 8 nitrogen and oxygen atoms in total. The summed E-state index contributed by atoms with van der Waals surface area (Å²) in [7, 11) is 1.68. The van der Waals surface area contributed by atoms with Crippen molar-refractivity contribution in [3.63, 3.8) is 0 Å². The Morgan fingerprint density at radius 2 is 1.79 bits per heavy atom. The Bertz CT molecular complexity index is 366. The first-order valence-electron chi connectivity index (χ1n) is 8.00. The lowest BCUT2D eigenvalue weighted by molar-refractivity contribution is -0.131. The number of amides is 2. The van der Waals surface area contributed by atoms with Gasteiger partial charge >= 0.3 is 6.09 Å². The molecule has 24 heavy (non-hydrogen) atoms. The molecule has 8 heteroatoms. The molecule has 0 aromatic rings. The van der Waals surface area contributed by atoms with Gasteiger partial charge in [0, 0.05) is 13.7 Å². The van der Waals surface area contributed by atoms with Gasteiger partial charge in [-0.15, -0.1) is 0 Å². The molecule has 142 valence electrons. The van der Waals surface area contributed by atoms with Crippen LogP contribution in [0.1, 0.15) is 47.5 Å². The highest BCUT2D eigenvalue weighted by molar-refractivity contribution is 5.83. The van der Waals surface area contributed by atoms with Crippen LogP contribution in [0.2, 0.25) is 0 Å². The van der Waals surface area contributed by atoms with Gasteiger partial charge in [0.1, 0.15) is 11.9 Å². The number of hydrogen-bond donors (Lipinski definition) is 3. The summed E-state index contributed by atoms with van der Waals surface area (Å²) in [4.78, 5) is 33.4. The summed E-state index contributed by atoms with van der Waals surface area (Å²) >= 11 is 0. The quantitative estimate of drug-likeness (QED) is 0.564. The predicted molar refractivity (Wildman–Crippen MR) is 90.7 cm³/mol. The van der Waals surface area contributed by atoms with Gasteiger partial charge in [0.05, 0.1) is 12.6 Å². The number of aliphatic hydroxyl groups excluding tert-OH is 1. The molecule has 0 aliphatic rings. The number of aliphatic hydroxyl groups is 1. The maximum Gasteiger partial charge on any atom is 0.407 e. The van der Waals surface area contributed by atoms with Crippen molar-refractivity contribution >= 4 is 18.3 Å². The molecule has 2 atom stereocenters. The molecular formula is C16H32N2O6. The third-order valence-electron chi connectivity index (χ3n) is 2.60. The molecule has 0 aromatic carbocycles. The summed E-state index contributed by atoms with van der Waals surface area (Å²) in [6.07, 6.45) is -0.533. The standard InChI is InChI=1S/C13H24N2O5.C3H8O/c1-5-6-9(10(17)11(18)14-7-8-16)15-12(19)20-13(2,3)4;1-3-4-2/h8-10,17H,5-7H2,1-4H3,(H,14,18)(H,15,19);3H2,1-2H3. The highest BCUT2D eigenvalue weighted by Crippen LogP contribution is 2.09. The summed E-state index contributed by atoms with van der Waals surface area (Å²) in [5.41, 5.74) is -0.661. The van der Waals surface area contributed by atoms with E-state index in [1.165, 1.54) is 0 Å². The minimum atomic E-state index is -1.43. The van der Waals surface area contributed by atoms with Crippen LogP contribution in [0.4, 0.5) is 4.79 Å². The molecule has 0 saturated carbocycles. The highest BCUT2D eigenvalue weighted by atomic mass is 16.6. The molecule has 0 heterocycles. The van der Waals surface area contributed by atoms with E-state index in [1.807, 2.05) is 13.8 Å². The van der Waals surface area contributed by atoms with Crippen LogP contribution in [0, 0.1) is 0 Å². The van der Waals surface area contributed by atoms with Crippen LogP contribution in [0.3, 0.4) is 0 Å². The van der Waals surface area contributed by atoms with E-state index in [2.05, 4.69) is 15.4 Å². The number of alkyl carbamates (subject to hydrolysis) is 1. The van der Waals surface area contributed by atoms with Crippen LogP contribution in [0.5, 0.6) is 0 Å². The molecule has 0 fully saturated rings. The van der Waals surface area contributed by atoms with Crippen molar-refractivity contribution in [3.8, 4) is 0 Å². The first-order chi connectivity index (χ1) is 11.1. The van der Waals surface area contributed by atoms with Crippen LogP contribution in [-0.4, -0.2) is 61.4 Å². The van der Waals surface area contributed by atoms with Crippen molar-refractivity contribution in [2.45, 2.75) is 65.2 Å². The highest BCUT2D eigenvalue weighted by Gasteiger charge is 2.28. The van der Waals surface area contributed by atoms with Crippen molar-refractivity contribution < 1.29 is 29.0 Å². The second-order valence-electron chi connectivity index (χ2n) is 5.98. The minimum absolute atomic E-state index is 0.179. The van der Waals surface area contributed by atoms with Crippen LogP contribution < -0.4 is 10.6 Å². The minimum Gasteiger partial charge on any atom is -0.444 e. The fourth-order valence-electron chi connectivity index (χ4n) is 1.51. The van der Waals surface area contributed by atoms with E-state index in [0.717, 1.165) is 6.61 Å². The average Bonchev–Trinajstić information content (AvgIpc) is 2.49. The van der Waals surface area contributed by atoms with Crippen molar-refractivity contribution in [2.75, 3.05) is 20.3 Å². The maximum absolute atomic E-state index is 11.7. The predicted octanol–water partition coefficient (Wildman–Crippen LogP) is 1.01. The maximum atomic E-state index is 11.7. The molecule has 2 amide bonds. The van der Waals surface area contributed by atoms with Gasteiger partial charge in [0.25, 0.3) is 5.91 Å². The molecule has 3 N–H and O–H groups in total. The molecule has 2 unspecified atom stereocenters. The number of aldehydes is 1. The Labute approximate surface area is 144 Å². The number of carbonyl (C=O) groups is 3. The third-order valence-corrected chi connectivity index (χ3v) is 2.60. The van der Waals surface area contributed by atoms with Crippen molar-refractivity contribution in [1.82, 2.24) is 10.6 Å². The normalized spacial score (nSPS) is 13.0. The van der Waals surface area contributed by atoms with E-state index in [4.69, 9.17) is 4.74 Å². The fraction of sp³-hybridized carbons (Fsp3) is 0.812. The van der Waals surface area contributed by atoms with E-state index in [-0.39, 0.29) is 6.54 Å². The van der Waals surface area contributed by atoms with E-state index in [9.17, 15) is 19.5 Å². The van der Waals surface area contributed by atoms with E-state index in [1.54, 1.807) is 27.9 Å². The van der Waals surface area contributed by atoms with Gasteiger partial charge in [-0.25, -0.2) is 4.79 Å². The van der Waals surface area contributed by atoms with Crippen LogP contribution >= 0.6 is 0 Å². The monoisotopic (exact) mass is 348 g/mol. The van der Waals surface area contributed by atoms with Gasteiger partial charge in [0.2, 0.25) is 0 Å². The Hall–Kier alpha value is -1.67. The number of nitrogens with one attached hydrogen (secondary N) is 2. The SMILES string of the molecule is CCCC(NC(=O)OC(C)(C)C)C(O)C(=O)NCC=O.CCOC. The number of hydrogen-bond acceptors (Lipinski definition) is 6. The van der Waals surface area contributed by atoms with Crippen LogP contribution in [0.25, 0.3) is 0 Å². The summed E-state index contributed by atoms with van der Waals surface area (Å²) in [5.74, 6) is -0.702. The number of methoxy groups -OCH3 is 1. The van der Waals surface area contributed by atoms with E-state index < -0.39 is 29.7 Å². The van der Waals surface area contributed by atoms with Crippen molar-refractivity contribution in [3.05, 3.63) is 0 Å². The van der Waals surface area contributed by atoms with Crippen LogP contribution in [-0.2, 0) is 19.1 Å². The zero-order valence-corrected chi connectivity index (χ0v) is 15.5. The lowest BCUT2D eigenvalue weighted by Crippen LogP contribution is -2.51. The zero-order chi connectivity index (χ0) is 19.2. The van der Waals surface area contributed by atoms with Crippen molar-refractivity contribution in [1.29, 1.82) is 0 Å². The van der Waals surface area contributed by atoms with E-state index in [0.29, 0.717) is 19.1 Å². The molecule has 0 saturated heterocycles. The van der Waals surface area contributed by atoms with Gasteiger partial charge < -0.3 is 30.0 Å². The Morgan fingerprint density at radius 3 is 2.17 bits per heavy atom. The summed E-state index contributed by atoms with van der Waals surface area (Å²) in [6.45, 7) is 9.61. The number of carbonyl (C=O) groups excluding carboxylic acids is 3. The topological polar surface area (TPSA) is 114 Å². The second-order valence-corrected chi connectivity index (χ2v) is 5.98. The Balaban J connectivity index is 0. The molecular weight excluding hydrogens is 316 g/mol. The molecule has 0 aliphatic heterocycles. The molecule has 0 spiro atoms. The van der Waals surface area contributed by atoms with Gasteiger partial charge in [-0.05, 0) is 34.1 Å². The largest absolute Gasteiger partial charge is 0.444 e. The Kier molecular flexibility index (Phi) is 14.1. The molecule has 0 radical (unpaired) electrons. The van der Waals surface area contributed by atoms with Gasteiger partial charge in [-0.1, -0.05) is 13.3 Å². The number of ether oxygens (including phenoxy) is 2.